The van der Waals surface area contributed by atoms with Gasteiger partial charge in [0.2, 0.25) is 0 Å². The van der Waals surface area contributed by atoms with Crippen molar-refractivity contribution >= 4 is 33.8 Å². The molecular formula is C5H8BrN5. The van der Waals surface area contributed by atoms with Gasteiger partial charge in [0, 0.05) is 12.4 Å². The van der Waals surface area contributed by atoms with Crippen LogP contribution in [0.4, 0.5) is 0 Å². The monoisotopic (exact) mass is 217 g/mol. The van der Waals surface area contributed by atoms with Gasteiger partial charge in [-0.05, 0) is 15.9 Å². The smallest absolute Gasteiger partial charge is 0.164 e. The summed E-state index contributed by atoms with van der Waals surface area (Å²) in [5.74, 6) is -0.532. The van der Waals surface area contributed by atoms with E-state index in [1.807, 2.05) is 0 Å². The molecule has 0 radical (unpaired) electrons. The zero-order valence-electron chi connectivity index (χ0n) is 5.61. The lowest BCUT2D eigenvalue weighted by atomic mass is 10.5. The van der Waals surface area contributed by atoms with E-state index in [4.69, 9.17) is 22.0 Å². The lowest BCUT2D eigenvalue weighted by Gasteiger charge is -1.98. The van der Waals surface area contributed by atoms with Crippen LogP contribution >= 0.6 is 15.9 Å². The minimum atomic E-state index is -0.341. The Morgan fingerprint density at radius 1 is 1.45 bits per heavy atom. The molecule has 0 aromatic carbocycles. The molecule has 0 amide bonds. The predicted molar refractivity (Wildman–Crippen MR) is 48.6 cm³/mol. The Morgan fingerprint density at radius 2 is 2.00 bits per heavy atom. The molecule has 0 fully saturated rings. The minimum absolute atomic E-state index is 0.191. The molecule has 0 aliphatic rings. The molecule has 60 valence electrons. The third kappa shape index (κ3) is 4.26. The van der Waals surface area contributed by atoms with Crippen molar-refractivity contribution in [2.75, 3.05) is 0 Å². The van der Waals surface area contributed by atoms with Gasteiger partial charge in [-0.3, -0.25) is 10.8 Å². The van der Waals surface area contributed by atoms with Crippen LogP contribution in [-0.4, -0.2) is 17.9 Å². The summed E-state index contributed by atoms with van der Waals surface area (Å²) in [6.07, 6.45) is 2.41. The van der Waals surface area contributed by atoms with Crippen LogP contribution in [0.3, 0.4) is 0 Å². The zero-order chi connectivity index (χ0) is 8.85. The first-order chi connectivity index (χ1) is 5.07. The first-order valence-electron chi connectivity index (χ1n) is 2.63. The molecule has 0 bridgehead atoms. The molecule has 0 atom stereocenters. The number of allylic oxidation sites excluding steroid dienone is 1. The highest BCUT2D eigenvalue weighted by Gasteiger charge is 1.95. The van der Waals surface area contributed by atoms with Gasteiger partial charge in [0.05, 0.1) is 4.48 Å². The van der Waals surface area contributed by atoms with E-state index in [1.54, 1.807) is 0 Å². The standard InChI is InChI=1S/C5H8BrN5/c6-3(1-7)2-11-5(10)4(8)9/h1-2,7H,(H3,8,9)(H2,10,11)/b3-2+,7-1?. The van der Waals surface area contributed by atoms with Crippen LogP contribution in [0.1, 0.15) is 0 Å². The maximum absolute atomic E-state index is 7.01. The summed E-state index contributed by atoms with van der Waals surface area (Å²) in [5, 5.41) is 22.9. The van der Waals surface area contributed by atoms with Crippen molar-refractivity contribution in [2.45, 2.75) is 0 Å². The average molecular weight is 218 g/mol. The number of nitrogens with two attached hydrogens (primary N) is 1. The molecule has 0 aromatic heterocycles. The van der Waals surface area contributed by atoms with Gasteiger partial charge in [0.15, 0.2) is 11.7 Å². The van der Waals surface area contributed by atoms with Crippen LogP contribution in [0.2, 0.25) is 0 Å². The normalized spacial score (nSPS) is 10.5. The lowest BCUT2D eigenvalue weighted by molar-refractivity contribution is 1.23. The summed E-state index contributed by atoms with van der Waals surface area (Å²) in [6.45, 7) is 0. The number of amidine groups is 2. The number of rotatable bonds is 2. The van der Waals surface area contributed by atoms with Crippen LogP contribution < -0.4 is 11.1 Å². The van der Waals surface area contributed by atoms with E-state index in [1.165, 1.54) is 6.20 Å². The van der Waals surface area contributed by atoms with Crippen molar-refractivity contribution in [3.05, 3.63) is 10.7 Å². The molecule has 0 unspecified atom stereocenters. The maximum atomic E-state index is 7.01. The highest BCUT2D eigenvalue weighted by atomic mass is 79.9. The van der Waals surface area contributed by atoms with E-state index in [0.717, 1.165) is 6.21 Å². The van der Waals surface area contributed by atoms with Gasteiger partial charge in [-0.25, -0.2) is 0 Å². The molecule has 0 aliphatic heterocycles. The molecule has 0 saturated carbocycles. The van der Waals surface area contributed by atoms with Crippen LogP contribution in [0, 0.1) is 16.2 Å². The summed E-state index contributed by atoms with van der Waals surface area (Å²) >= 11 is 3.00. The molecule has 0 spiro atoms. The van der Waals surface area contributed by atoms with Crippen LogP contribution in [0.25, 0.3) is 0 Å². The summed E-state index contributed by atoms with van der Waals surface area (Å²) in [4.78, 5) is 0. The Morgan fingerprint density at radius 3 is 2.36 bits per heavy atom. The van der Waals surface area contributed by atoms with Gasteiger partial charge in [0.1, 0.15) is 0 Å². The number of hydrogen-bond acceptors (Lipinski definition) is 3. The fraction of sp³-hybridized carbons (Fsp3) is 0. The molecular weight excluding hydrogens is 210 g/mol. The second kappa shape index (κ2) is 4.62. The predicted octanol–water partition coefficient (Wildman–Crippen LogP) is 0.375. The minimum Gasteiger partial charge on any atom is -0.381 e. The van der Waals surface area contributed by atoms with E-state index < -0.39 is 0 Å². The maximum Gasteiger partial charge on any atom is 0.164 e. The van der Waals surface area contributed by atoms with Gasteiger partial charge >= 0.3 is 0 Å². The quantitative estimate of drug-likeness (QED) is 0.341. The van der Waals surface area contributed by atoms with Crippen molar-refractivity contribution < 1.29 is 0 Å². The van der Waals surface area contributed by atoms with Crippen molar-refractivity contribution in [1.82, 2.24) is 5.32 Å². The third-order valence-electron chi connectivity index (χ3n) is 0.762. The Labute approximate surface area is 72.3 Å². The second-order valence-electron chi connectivity index (χ2n) is 1.61. The summed E-state index contributed by atoms with van der Waals surface area (Å²) in [6, 6.07) is 0. The van der Waals surface area contributed by atoms with Crippen LogP contribution in [0.5, 0.6) is 0 Å². The van der Waals surface area contributed by atoms with Gasteiger partial charge in [-0.2, -0.15) is 0 Å². The van der Waals surface area contributed by atoms with Crippen molar-refractivity contribution in [1.29, 1.82) is 16.2 Å². The SMILES string of the molecule is N=C/C(Br)=C\NC(=N)C(=N)N. The Bertz CT molecular complexity index is 219. The number of hydrogen-bond donors (Lipinski definition) is 5. The zero-order valence-corrected chi connectivity index (χ0v) is 7.20. The first kappa shape index (κ1) is 9.83. The number of nitrogens with one attached hydrogen (secondary N) is 4. The van der Waals surface area contributed by atoms with Crippen molar-refractivity contribution in [3.63, 3.8) is 0 Å². The molecule has 11 heavy (non-hydrogen) atoms. The molecule has 0 heterocycles. The number of halogens is 1. The van der Waals surface area contributed by atoms with Crippen LogP contribution in [-0.2, 0) is 0 Å². The summed E-state index contributed by atoms with van der Waals surface area (Å²) < 4.78 is 0.475. The van der Waals surface area contributed by atoms with Gasteiger partial charge in [0.25, 0.3) is 0 Å². The van der Waals surface area contributed by atoms with Gasteiger partial charge in [-0.1, -0.05) is 0 Å². The Balaban J connectivity index is 3.98. The first-order valence-corrected chi connectivity index (χ1v) is 3.43. The van der Waals surface area contributed by atoms with E-state index in [0.29, 0.717) is 4.48 Å². The van der Waals surface area contributed by atoms with E-state index in [2.05, 4.69) is 21.2 Å². The van der Waals surface area contributed by atoms with E-state index in [9.17, 15) is 0 Å². The van der Waals surface area contributed by atoms with Gasteiger partial charge < -0.3 is 16.5 Å². The van der Waals surface area contributed by atoms with Crippen molar-refractivity contribution in [3.8, 4) is 0 Å². The van der Waals surface area contributed by atoms with E-state index >= 15 is 0 Å². The largest absolute Gasteiger partial charge is 0.381 e. The molecule has 0 rings (SSSR count). The summed E-state index contributed by atoms with van der Waals surface area (Å²) in [7, 11) is 0. The Hall–Kier alpha value is -1.17. The van der Waals surface area contributed by atoms with Gasteiger partial charge in [-0.15, -0.1) is 0 Å². The highest BCUT2D eigenvalue weighted by Crippen LogP contribution is 1.96. The van der Waals surface area contributed by atoms with E-state index in [-0.39, 0.29) is 11.7 Å². The average Bonchev–Trinajstić information content (AvgIpc) is 1.99. The van der Waals surface area contributed by atoms with Crippen molar-refractivity contribution in [2.24, 2.45) is 5.73 Å². The fourth-order valence-electron chi connectivity index (χ4n) is 0.261. The topological polar surface area (TPSA) is 110 Å². The molecule has 6 heteroatoms. The summed E-state index contributed by atoms with van der Waals surface area (Å²) in [5.41, 5.74) is 4.96. The second-order valence-corrected chi connectivity index (χ2v) is 2.52. The van der Waals surface area contributed by atoms with Crippen LogP contribution in [0.15, 0.2) is 10.7 Å². The molecule has 0 aliphatic carbocycles. The molecule has 0 aromatic rings. The molecule has 0 saturated heterocycles. The lowest BCUT2D eigenvalue weighted by Crippen LogP contribution is -2.31. The molecule has 5 nitrogen and oxygen atoms in total. The molecule has 6 N–H and O–H groups in total. The highest BCUT2D eigenvalue weighted by molar-refractivity contribution is 9.12. The Kier molecular flexibility index (Phi) is 4.12. The third-order valence-corrected chi connectivity index (χ3v) is 1.22. The fourth-order valence-corrected chi connectivity index (χ4v) is 0.375.